The molecule has 2 N–H and O–H groups in total. The van der Waals surface area contributed by atoms with Crippen molar-refractivity contribution >= 4 is 0 Å². The summed E-state index contributed by atoms with van der Waals surface area (Å²) in [5.74, 6) is 0. The first-order chi connectivity index (χ1) is 3.80. The van der Waals surface area contributed by atoms with Gasteiger partial charge in [0.05, 0.1) is 19.3 Å². The maximum absolute atomic E-state index is 8.82. The molecule has 1 saturated heterocycles. The van der Waals surface area contributed by atoms with Crippen molar-refractivity contribution in [1.29, 1.82) is 0 Å². The minimum Gasteiger partial charge on any atom is -0.390 e. The summed E-state index contributed by atoms with van der Waals surface area (Å²) in [6.45, 7) is 1.73. The molecule has 0 aromatic carbocycles. The van der Waals surface area contributed by atoms with Crippen LogP contribution in [0.4, 0.5) is 0 Å². The molecule has 0 amide bonds. The summed E-state index contributed by atoms with van der Waals surface area (Å²) in [7, 11) is 0. The summed E-state index contributed by atoms with van der Waals surface area (Å²) in [4.78, 5) is 0. The Kier molecular flexibility index (Phi) is 1.83. The number of hydrogen-bond acceptors (Lipinski definition) is 3. The highest BCUT2D eigenvalue weighted by Crippen LogP contribution is 2.09. The second kappa shape index (κ2) is 2.44. The number of aliphatic hydroxyl groups is 2. The molecule has 0 saturated carbocycles. The lowest BCUT2D eigenvalue weighted by atomic mass is 10.1. The van der Waals surface area contributed by atoms with E-state index in [1.165, 1.54) is 6.61 Å². The zero-order chi connectivity index (χ0) is 5.98. The maximum atomic E-state index is 8.82. The van der Waals surface area contributed by atoms with E-state index < -0.39 is 12.2 Å². The summed E-state index contributed by atoms with van der Waals surface area (Å²) in [6, 6.07) is 0. The lowest BCUT2D eigenvalue weighted by Crippen LogP contribution is -2.34. The molecule has 0 aromatic heterocycles. The van der Waals surface area contributed by atoms with Crippen LogP contribution in [0.3, 0.4) is 0 Å². The van der Waals surface area contributed by atoms with Crippen LogP contribution in [0.5, 0.6) is 0 Å². The van der Waals surface area contributed by atoms with Gasteiger partial charge in [0.1, 0.15) is 6.10 Å². The smallest absolute Gasteiger partial charge is 0.103 e. The fourth-order valence-corrected chi connectivity index (χ4v) is 0.601. The van der Waals surface area contributed by atoms with Gasteiger partial charge in [0.2, 0.25) is 0 Å². The molecule has 1 aliphatic heterocycles. The zero-order valence-electron chi connectivity index (χ0n) is 4.45. The topological polar surface area (TPSA) is 49.7 Å². The Morgan fingerprint density at radius 2 is 2.12 bits per heavy atom. The Morgan fingerprint density at radius 1 is 1.38 bits per heavy atom. The van der Waals surface area contributed by atoms with Crippen LogP contribution in [0.15, 0.2) is 0 Å². The molecule has 0 aromatic rings. The second-order valence-electron chi connectivity index (χ2n) is 1.87. The molecule has 1 heterocycles. The Balaban J connectivity index is 2.28. The van der Waals surface area contributed by atoms with Crippen LogP contribution >= 0.6 is 0 Å². The van der Waals surface area contributed by atoms with Gasteiger partial charge in [-0.25, -0.2) is 0 Å². The second-order valence-corrected chi connectivity index (χ2v) is 1.87. The van der Waals surface area contributed by atoms with E-state index in [0.29, 0.717) is 6.42 Å². The van der Waals surface area contributed by atoms with Gasteiger partial charge in [-0.05, 0) is 0 Å². The fourth-order valence-electron chi connectivity index (χ4n) is 0.601. The fraction of sp³-hybridized carbons (Fsp3) is 0.800. The average molecular weight is 117 g/mol. The molecular weight excluding hydrogens is 108 g/mol. The molecule has 1 rings (SSSR count). The van der Waals surface area contributed by atoms with Gasteiger partial charge in [0.15, 0.2) is 0 Å². The van der Waals surface area contributed by atoms with Crippen LogP contribution in [-0.4, -0.2) is 29.0 Å². The molecule has 0 spiro atoms. The van der Waals surface area contributed by atoms with Crippen molar-refractivity contribution in [3.05, 3.63) is 6.61 Å². The summed E-state index contributed by atoms with van der Waals surface area (Å²) in [5, 5.41) is 17.6. The Bertz CT molecular complexity index is 64.1. The van der Waals surface area contributed by atoms with Gasteiger partial charge in [-0.15, -0.1) is 0 Å². The zero-order valence-corrected chi connectivity index (χ0v) is 4.45. The number of hydrogen-bond donors (Lipinski definition) is 2. The molecule has 3 nitrogen and oxygen atoms in total. The van der Waals surface area contributed by atoms with E-state index in [4.69, 9.17) is 14.9 Å². The first-order valence-corrected chi connectivity index (χ1v) is 2.60. The van der Waals surface area contributed by atoms with Crippen molar-refractivity contribution in [2.24, 2.45) is 0 Å². The van der Waals surface area contributed by atoms with E-state index in [9.17, 15) is 0 Å². The molecule has 0 aliphatic carbocycles. The van der Waals surface area contributed by atoms with Crippen LogP contribution < -0.4 is 0 Å². The molecule has 1 aliphatic rings. The van der Waals surface area contributed by atoms with Gasteiger partial charge < -0.3 is 14.9 Å². The minimum absolute atomic E-state index is 0.223. The van der Waals surface area contributed by atoms with E-state index in [1.807, 2.05) is 0 Å². The van der Waals surface area contributed by atoms with E-state index in [-0.39, 0.29) is 6.61 Å². The van der Waals surface area contributed by atoms with Crippen LogP contribution in [0, 0.1) is 6.61 Å². The molecule has 0 bridgehead atoms. The number of aliphatic hydroxyl groups excluding tert-OH is 2. The summed E-state index contributed by atoms with van der Waals surface area (Å²) in [6.07, 6.45) is -0.884. The molecular formula is C5H9O3. The van der Waals surface area contributed by atoms with E-state index >= 15 is 0 Å². The largest absolute Gasteiger partial charge is 0.390 e. The van der Waals surface area contributed by atoms with Gasteiger partial charge in [-0.3, -0.25) is 0 Å². The minimum atomic E-state index is -0.694. The first-order valence-electron chi connectivity index (χ1n) is 2.60. The third-order valence-electron chi connectivity index (χ3n) is 1.17. The predicted octanol–water partition coefficient (Wildman–Crippen LogP) is -0.710. The summed E-state index contributed by atoms with van der Waals surface area (Å²) in [5.41, 5.74) is 0. The standard InChI is InChI=1S/C5H9O3/c6-4-1-2-8-3-5(4)7/h2,4-7H,1,3H2/t4-,5+/m0/s1. The number of ether oxygens (including phenoxy) is 1. The molecule has 1 radical (unpaired) electrons. The Labute approximate surface area is 47.9 Å². The quantitative estimate of drug-likeness (QED) is 0.440. The van der Waals surface area contributed by atoms with Gasteiger partial charge in [0.25, 0.3) is 0 Å². The number of rotatable bonds is 0. The van der Waals surface area contributed by atoms with Gasteiger partial charge in [-0.1, -0.05) is 0 Å². The highest BCUT2D eigenvalue weighted by Gasteiger charge is 2.20. The predicted molar refractivity (Wildman–Crippen MR) is 26.9 cm³/mol. The summed E-state index contributed by atoms with van der Waals surface area (Å²) < 4.78 is 4.72. The van der Waals surface area contributed by atoms with Crippen molar-refractivity contribution in [3.63, 3.8) is 0 Å². The molecule has 3 heteroatoms. The molecule has 2 atom stereocenters. The lowest BCUT2D eigenvalue weighted by Gasteiger charge is -2.22. The van der Waals surface area contributed by atoms with Crippen LogP contribution in [0.1, 0.15) is 6.42 Å². The first kappa shape index (κ1) is 6.01. The van der Waals surface area contributed by atoms with Crippen molar-refractivity contribution in [3.8, 4) is 0 Å². The monoisotopic (exact) mass is 117 g/mol. The van der Waals surface area contributed by atoms with Crippen LogP contribution in [-0.2, 0) is 4.74 Å². The average Bonchev–Trinajstić information content (AvgIpc) is 1.77. The van der Waals surface area contributed by atoms with Crippen molar-refractivity contribution in [2.45, 2.75) is 18.6 Å². The third kappa shape index (κ3) is 1.18. The highest BCUT2D eigenvalue weighted by molar-refractivity contribution is 4.75. The third-order valence-corrected chi connectivity index (χ3v) is 1.17. The molecule has 1 fully saturated rings. The van der Waals surface area contributed by atoms with Crippen LogP contribution in [0.2, 0.25) is 0 Å². The highest BCUT2D eigenvalue weighted by atomic mass is 16.5. The van der Waals surface area contributed by atoms with E-state index in [0.717, 1.165) is 0 Å². The van der Waals surface area contributed by atoms with Gasteiger partial charge in [0, 0.05) is 6.42 Å². The van der Waals surface area contributed by atoms with E-state index in [1.54, 1.807) is 0 Å². The Hall–Kier alpha value is -0.120. The van der Waals surface area contributed by atoms with Gasteiger partial charge >= 0.3 is 0 Å². The Morgan fingerprint density at radius 3 is 2.50 bits per heavy atom. The van der Waals surface area contributed by atoms with Crippen molar-refractivity contribution < 1.29 is 14.9 Å². The van der Waals surface area contributed by atoms with Gasteiger partial charge in [-0.2, -0.15) is 0 Å². The van der Waals surface area contributed by atoms with E-state index in [2.05, 4.69) is 0 Å². The maximum Gasteiger partial charge on any atom is 0.103 e. The normalized spacial score (nSPS) is 39.8. The molecule has 0 unspecified atom stereocenters. The van der Waals surface area contributed by atoms with Crippen molar-refractivity contribution in [1.82, 2.24) is 0 Å². The van der Waals surface area contributed by atoms with Crippen LogP contribution in [0.25, 0.3) is 0 Å². The molecule has 8 heavy (non-hydrogen) atoms. The SMILES string of the molecule is O[C@@H]1CO[CH]C[C@@H]1O. The summed E-state index contributed by atoms with van der Waals surface area (Å²) >= 11 is 0. The lowest BCUT2D eigenvalue weighted by molar-refractivity contribution is -0.0622. The molecule has 47 valence electrons. The van der Waals surface area contributed by atoms with Crippen molar-refractivity contribution in [2.75, 3.05) is 6.61 Å².